The Labute approximate surface area is 108 Å². The summed E-state index contributed by atoms with van der Waals surface area (Å²) >= 11 is -2.47. The molecule has 0 amide bonds. The fourth-order valence-corrected chi connectivity index (χ4v) is 2.18. The zero-order chi connectivity index (χ0) is 13.7. The fourth-order valence-electron chi connectivity index (χ4n) is 1.56. The normalized spacial score (nSPS) is 12.2. The highest BCUT2D eigenvalue weighted by Crippen LogP contribution is 2.22. The number of pyridine rings is 1. The van der Waals surface area contributed by atoms with E-state index in [2.05, 4.69) is 4.98 Å². The van der Waals surface area contributed by atoms with E-state index in [0.29, 0.717) is 22.4 Å². The monoisotopic (exact) mass is 269 g/mol. The van der Waals surface area contributed by atoms with Gasteiger partial charge in [0, 0.05) is 12.7 Å². The second-order valence-electron chi connectivity index (χ2n) is 3.58. The number of hydrogen-bond donors (Lipinski definition) is 0. The molecule has 1 heterocycles. The maximum Gasteiger partial charge on any atom is 0.146 e. The van der Waals surface area contributed by atoms with E-state index in [0.717, 1.165) is 0 Å². The predicted molar refractivity (Wildman–Crippen MR) is 62.3 cm³/mol. The topological polar surface area (TPSA) is 95.3 Å². The number of methoxy groups -OCH3 is 1. The van der Waals surface area contributed by atoms with E-state index in [1.54, 1.807) is 13.8 Å². The Kier molecular flexibility index (Phi) is 5.37. The molecule has 0 aliphatic carbocycles. The highest BCUT2D eigenvalue weighted by molar-refractivity contribution is 7.79. The third-order valence-electron chi connectivity index (χ3n) is 2.43. The lowest BCUT2D eigenvalue weighted by Gasteiger charge is -2.16. The van der Waals surface area contributed by atoms with Gasteiger partial charge in [-0.1, -0.05) is 0 Å². The van der Waals surface area contributed by atoms with Crippen LogP contribution in [0.25, 0.3) is 0 Å². The number of ether oxygens (including phenoxy) is 2. The molecule has 1 rings (SSSR count). The summed E-state index contributed by atoms with van der Waals surface area (Å²) in [7, 11) is 1.47. The van der Waals surface area contributed by atoms with Crippen LogP contribution in [0.3, 0.4) is 0 Å². The van der Waals surface area contributed by atoms with Crippen molar-refractivity contribution < 1.29 is 18.2 Å². The molecule has 0 aliphatic rings. The average Bonchev–Trinajstić information content (AvgIpc) is 2.32. The van der Waals surface area contributed by atoms with Crippen LogP contribution in [-0.2, 0) is 27.2 Å². The Hall–Kier alpha value is -1.33. The molecular weight excluding hydrogens is 256 g/mol. The van der Waals surface area contributed by atoms with Gasteiger partial charge in [0.25, 0.3) is 0 Å². The van der Waals surface area contributed by atoms with Crippen LogP contribution in [0.1, 0.15) is 22.4 Å². The molecule has 0 saturated heterocycles. The molecule has 7 heteroatoms. The van der Waals surface area contributed by atoms with Gasteiger partial charge in [-0.2, -0.15) is 5.26 Å². The van der Waals surface area contributed by atoms with Crippen LogP contribution < -0.4 is 0 Å². The summed E-state index contributed by atoms with van der Waals surface area (Å²) in [6, 6.07) is 2.01. The number of hydrogen-bond acceptors (Lipinski definition) is 6. The number of nitrogens with zero attached hydrogens (tertiary/aromatic N) is 2. The minimum atomic E-state index is -2.47. The van der Waals surface area contributed by atoms with Gasteiger partial charge in [-0.05, 0) is 30.5 Å². The number of aromatic nitrogens is 1. The largest absolute Gasteiger partial charge is 0.767 e. The molecule has 0 saturated carbocycles. The molecule has 0 spiro atoms. The Morgan fingerprint density at radius 3 is 2.67 bits per heavy atom. The van der Waals surface area contributed by atoms with Crippen molar-refractivity contribution in [3.8, 4) is 6.07 Å². The number of aryl methyl sites for hydroxylation is 1. The van der Waals surface area contributed by atoms with Gasteiger partial charge in [-0.25, -0.2) is 4.98 Å². The van der Waals surface area contributed by atoms with Crippen molar-refractivity contribution >= 4 is 11.1 Å². The Morgan fingerprint density at radius 1 is 1.50 bits per heavy atom. The highest BCUT2D eigenvalue weighted by atomic mass is 32.2. The van der Waals surface area contributed by atoms with Gasteiger partial charge < -0.3 is 14.0 Å². The van der Waals surface area contributed by atoms with E-state index in [1.165, 1.54) is 7.11 Å². The van der Waals surface area contributed by atoms with Gasteiger partial charge in [0.1, 0.15) is 17.9 Å². The van der Waals surface area contributed by atoms with Gasteiger partial charge >= 0.3 is 0 Å². The predicted octanol–water partition coefficient (Wildman–Crippen LogP) is 0.929. The first kappa shape index (κ1) is 14.7. The highest BCUT2D eigenvalue weighted by Gasteiger charge is 2.15. The molecular formula is C11H13N2O4S-. The van der Waals surface area contributed by atoms with Gasteiger partial charge in [0.2, 0.25) is 0 Å². The van der Waals surface area contributed by atoms with Crippen molar-refractivity contribution in [3.05, 3.63) is 22.4 Å². The zero-order valence-corrected chi connectivity index (χ0v) is 11.2. The molecule has 0 aromatic carbocycles. The molecule has 0 aliphatic heterocycles. The molecule has 1 aromatic rings. The van der Waals surface area contributed by atoms with Gasteiger partial charge in [0.05, 0.1) is 17.9 Å². The van der Waals surface area contributed by atoms with E-state index in [4.69, 9.17) is 14.7 Å². The average molecular weight is 269 g/mol. The summed E-state index contributed by atoms with van der Waals surface area (Å²) in [5.74, 6) is 0. The van der Waals surface area contributed by atoms with Crippen molar-refractivity contribution in [2.24, 2.45) is 0 Å². The molecule has 0 bridgehead atoms. The SMILES string of the molecule is COCOCc1c(S(=O)[O-])nc(C)c(C#N)c1C. The third-order valence-corrected chi connectivity index (χ3v) is 3.09. The standard InChI is InChI=1S/C11H14N2O4S/c1-7-9(4-12)8(2)13-11(18(14)15)10(7)5-17-6-16-3/h5-6H2,1-3H3,(H,14,15)/p-1. The molecule has 0 radical (unpaired) electrons. The summed E-state index contributed by atoms with van der Waals surface area (Å²) in [6.45, 7) is 3.35. The van der Waals surface area contributed by atoms with Crippen molar-refractivity contribution in [2.75, 3.05) is 13.9 Å². The lowest BCUT2D eigenvalue weighted by Crippen LogP contribution is -2.10. The number of nitriles is 1. The first-order valence-corrected chi connectivity index (χ1v) is 6.16. The molecule has 0 fully saturated rings. The zero-order valence-electron chi connectivity index (χ0n) is 10.3. The van der Waals surface area contributed by atoms with E-state index in [-0.39, 0.29) is 18.4 Å². The smallest absolute Gasteiger partial charge is 0.146 e. The minimum Gasteiger partial charge on any atom is -0.767 e. The fraction of sp³-hybridized carbons (Fsp3) is 0.455. The molecule has 18 heavy (non-hydrogen) atoms. The molecule has 98 valence electrons. The van der Waals surface area contributed by atoms with Crippen LogP contribution in [-0.4, -0.2) is 27.6 Å². The summed E-state index contributed by atoms with van der Waals surface area (Å²) in [6.07, 6.45) is 0. The third kappa shape index (κ3) is 3.11. The van der Waals surface area contributed by atoms with Crippen LogP contribution in [0.2, 0.25) is 0 Å². The maximum atomic E-state index is 11.1. The first-order valence-electron chi connectivity index (χ1n) is 5.09. The summed E-state index contributed by atoms with van der Waals surface area (Å²) in [5.41, 5.74) is 1.73. The van der Waals surface area contributed by atoms with Crippen molar-refractivity contribution in [2.45, 2.75) is 25.5 Å². The second kappa shape index (κ2) is 6.56. The van der Waals surface area contributed by atoms with Crippen LogP contribution in [0.15, 0.2) is 5.03 Å². The molecule has 6 nitrogen and oxygen atoms in total. The van der Waals surface area contributed by atoms with E-state index in [1.807, 2.05) is 6.07 Å². The van der Waals surface area contributed by atoms with Gasteiger partial charge in [-0.3, -0.25) is 4.21 Å². The molecule has 1 atom stereocenters. The second-order valence-corrected chi connectivity index (χ2v) is 4.44. The lowest BCUT2D eigenvalue weighted by atomic mass is 10.0. The van der Waals surface area contributed by atoms with Crippen LogP contribution in [0.4, 0.5) is 0 Å². The van der Waals surface area contributed by atoms with Gasteiger partial charge in [-0.15, -0.1) is 0 Å². The van der Waals surface area contributed by atoms with Crippen LogP contribution >= 0.6 is 0 Å². The first-order chi connectivity index (χ1) is 8.52. The quantitative estimate of drug-likeness (QED) is 0.448. The Balaban J connectivity index is 3.27. The van der Waals surface area contributed by atoms with Crippen molar-refractivity contribution in [1.82, 2.24) is 4.98 Å². The summed E-state index contributed by atoms with van der Waals surface area (Å²) in [5, 5.41) is 8.93. The van der Waals surface area contributed by atoms with Crippen LogP contribution in [0, 0.1) is 25.2 Å². The van der Waals surface area contributed by atoms with Crippen LogP contribution in [0.5, 0.6) is 0 Å². The molecule has 0 N–H and O–H groups in total. The number of rotatable bonds is 5. The maximum absolute atomic E-state index is 11.1. The summed E-state index contributed by atoms with van der Waals surface area (Å²) in [4.78, 5) is 3.93. The minimum absolute atomic E-state index is 0.0327. The molecule has 1 aromatic heterocycles. The van der Waals surface area contributed by atoms with Gasteiger partial charge in [0.15, 0.2) is 0 Å². The van der Waals surface area contributed by atoms with Crippen molar-refractivity contribution in [1.29, 1.82) is 5.26 Å². The lowest BCUT2D eigenvalue weighted by molar-refractivity contribution is -0.0400. The Morgan fingerprint density at radius 2 is 2.17 bits per heavy atom. The van der Waals surface area contributed by atoms with E-state index < -0.39 is 11.1 Å². The molecule has 1 unspecified atom stereocenters. The van der Waals surface area contributed by atoms with E-state index >= 15 is 0 Å². The summed E-state index contributed by atoms with van der Waals surface area (Å²) < 4.78 is 32.1. The Bertz CT molecular complexity index is 511. The van der Waals surface area contributed by atoms with E-state index in [9.17, 15) is 8.76 Å². The van der Waals surface area contributed by atoms with Crippen molar-refractivity contribution in [3.63, 3.8) is 0 Å².